The molecular weight excluding hydrogens is 244 g/mol. The Balaban J connectivity index is 1.95. The van der Waals surface area contributed by atoms with Crippen molar-refractivity contribution in [2.45, 2.75) is 26.4 Å². The average Bonchev–Trinajstić information content (AvgIpc) is 2.71. The first-order chi connectivity index (χ1) is 9.08. The SMILES string of the molecule is CC(C)OCCCNc1nc(N)c2cnn(C)c2n1. The maximum atomic E-state index is 5.87. The fourth-order valence-electron chi connectivity index (χ4n) is 1.71. The number of rotatable bonds is 6. The van der Waals surface area contributed by atoms with Gasteiger partial charge in [0.1, 0.15) is 5.82 Å². The zero-order valence-corrected chi connectivity index (χ0v) is 11.6. The first-order valence-corrected chi connectivity index (χ1v) is 6.38. The molecule has 2 heterocycles. The van der Waals surface area contributed by atoms with E-state index in [4.69, 9.17) is 10.5 Å². The molecule has 0 amide bonds. The number of aromatic nitrogens is 4. The molecule has 2 aromatic heterocycles. The number of aryl methyl sites for hydroxylation is 1. The van der Waals surface area contributed by atoms with E-state index < -0.39 is 0 Å². The standard InChI is InChI=1S/C12H20N6O/c1-8(2)19-6-4-5-14-12-16-10(13)9-7-15-18(3)11(9)17-12/h7-8H,4-6H2,1-3H3,(H3,13,14,16,17). The third-order valence-corrected chi connectivity index (χ3v) is 2.68. The fourth-order valence-corrected chi connectivity index (χ4v) is 1.71. The van der Waals surface area contributed by atoms with Gasteiger partial charge in [0.25, 0.3) is 0 Å². The molecule has 0 unspecified atom stereocenters. The molecule has 7 heteroatoms. The van der Waals surface area contributed by atoms with Crippen LogP contribution in [0.4, 0.5) is 11.8 Å². The third kappa shape index (κ3) is 3.31. The highest BCUT2D eigenvalue weighted by Gasteiger charge is 2.08. The molecule has 19 heavy (non-hydrogen) atoms. The van der Waals surface area contributed by atoms with Gasteiger partial charge in [0, 0.05) is 20.2 Å². The quantitative estimate of drug-likeness (QED) is 0.761. The molecule has 104 valence electrons. The van der Waals surface area contributed by atoms with E-state index in [1.165, 1.54) is 0 Å². The highest BCUT2D eigenvalue weighted by atomic mass is 16.5. The minimum Gasteiger partial charge on any atom is -0.383 e. The molecule has 2 rings (SSSR count). The van der Waals surface area contributed by atoms with Crippen LogP contribution in [0.3, 0.4) is 0 Å². The van der Waals surface area contributed by atoms with E-state index in [0.717, 1.165) is 24.0 Å². The first-order valence-electron chi connectivity index (χ1n) is 6.38. The number of nitrogens with one attached hydrogen (secondary N) is 1. The molecule has 0 saturated heterocycles. The number of fused-ring (bicyclic) bond motifs is 1. The molecule has 0 saturated carbocycles. The Labute approximate surface area is 112 Å². The lowest BCUT2D eigenvalue weighted by Crippen LogP contribution is -2.11. The van der Waals surface area contributed by atoms with Crippen molar-refractivity contribution in [1.82, 2.24) is 19.7 Å². The Morgan fingerprint density at radius 2 is 2.21 bits per heavy atom. The topological polar surface area (TPSA) is 90.9 Å². The average molecular weight is 264 g/mol. The van der Waals surface area contributed by atoms with Gasteiger partial charge in [-0.25, -0.2) is 0 Å². The Kier molecular flexibility index (Phi) is 4.16. The van der Waals surface area contributed by atoms with Gasteiger partial charge in [-0.05, 0) is 20.3 Å². The summed E-state index contributed by atoms with van der Waals surface area (Å²) < 4.78 is 7.14. The zero-order chi connectivity index (χ0) is 13.8. The van der Waals surface area contributed by atoms with Crippen LogP contribution >= 0.6 is 0 Å². The highest BCUT2D eigenvalue weighted by molar-refractivity contribution is 5.86. The van der Waals surface area contributed by atoms with Crippen molar-refractivity contribution in [2.24, 2.45) is 7.05 Å². The van der Waals surface area contributed by atoms with E-state index in [1.54, 1.807) is 10.9 Å². The lowest BCUT2D eigenvalue weighted by molar-refractivity contribution is 0.0787. The highest BCUT2D eigenvalue weighted by Crippen LogP contribution is 2.18. The van der Waals surface area contributed by atoms with Gasteiger partial charge in [-0.3, -0.25) is 4.68 Å². The Morgan fingerprint density at radius 1 is 1.42 bits per heavy atom. The number of anilines is 2. The van der Waals surface area contributed by atoms with E-state index in [2.05, 4.69) is 20.4 Å². The second-order valence-corrected chi connectivity index (χ2v) is 4.64. The number of nitrogens with two attached hydrogens (primary N) is 1. The van der Waals surface area contributed by atoms with Crippen LogP contribution < -0.4 is 11.1 Å². The fraction of sp³-hybridized carbons (Fsp3) is 0.583. The maximum Gasteiger partial charge on any atom is 0.226 e. The van der Waals surface area contributed by atoms with E-state index >= 15 is 0 Å². The van der Waals surface area contributed by atoms with Crippen molar-refractivity contribution in [3.63, 3.8) is 0 Å². The van der Waals surface area contributed by atoms with E-state index in [0.29, 0.717) is 18.4 Å². The number of nitrogen functional groups attached to an aromatic ring is 1. The molecule has 0 aliphatic rings. The molecule has 0 spiro atoms. The third-order valence-electron chi connectivity index (χ3n) is 2.68. The molecule has 0 atom stereocenters. The molecule has 0 aliphatic carbocycles. The Hall–Kier alpha value is -1.89. The van der Waals surface area contributed by atoms with Gasteiger partial charge in [-0.15, -0.1) is 0 Å². The maximum absolute atomic E-state index is 5.87. The van der Waals surface area contributed by atoms with Crippen molar-refractivity contribution in [3.05, 3.63) is 6.20 Å². The van der Waals surface area contributed by atoms with Crippen LogP contribution in [0.2, 0.25) is 0 Å². The summed E-state index contributed by atoms with van der Waals surface area (Å²) in [5.74, 6) is 0.970. The van der Waals surface area contributed by atoms with Gasteiger partial charge in [0.05, 0.1) is 17.7 Å². The number of hydrogen-bond acceptors (Lipinski definition) is 6. The van der Waals surface area contributed by atoms with Crippen LogP contribution in [-0.2, 0) is 11.8 Å². The zero-order valence-electron chi connectivity index (χ0n) is 11.6. The minimum absolute atomic E-state index is 0.262. The van der Waals surface area contributed by atoms with Crippen LogP contribution in [0, 0.1) is 0 Å². The number of nitrogens with zero attached hydrogens (tertiary/aromatic N) is 4. The number of hydrogen-bond donors (Lipinski definition) is 2. The molecule has 0 bridgehead atoms. The molecule has 0 radical (unpaired) electrons. The molecular formula is C12H20N6O. The van der Waals surface area contributed by atoms with Gasteiger partial charge >= 0.3 is 0 Å². The van der Waals surface area contributed by atoms with Crippen LogP contribution in [0.25, 0.3) is 11.0 Å². The predicted octanol–water partition coefficient (Wildman–Crippen LogP) is 1.17. The molecule has 7 nitrogen and oxygen atoms in total. The molecule has 2 aromatic rings. The van der Waals surface area contributed by atoms with Gasteiger partial charge in [-0.1, -0.05) is 0 Å². The summed E-state index contributed by atoms with van der Waals surface area (Å²) in [5.41, 5.74) is 6.60. The lowest BCUT2D eigenvalue weighted by Gasteiger charge is -2.08. The van der Waals surface area contributed by atoms with E-state index in [9.17, 15) is 0 Å². The van der Waals surface area contributed by atoms with Crippen molar-refractivity contribution < 1.29 is 4.74 Å². The Bertz CT molecular complexity index is 550. The summed E-state index contributed by atoms with van der Waals surface area (Å²) in [4.78, 5) is 8.59. The van der Waals surface area contributed by atoms with Crippen molar-refractivity contribution in [2.75, 3.05) is 24.2 Å². The summed E-state index contributed by atoms with van der Waals surface area (Å²) in [6.45, 7) is 5.50. The summed E-state index contributed by atoms with van der Waals surface area (Å²) in [5, 5.41) is 8.03. The van der Waals surface area contributed by atoms with Crippen LogP contribution in [0.5, 0.6) is 0 Å². The van der Waals surface area contributed by atoms with Gasteiger partial charge in [0.2, 0.25) is 5.95 Å². The summed E-state index contributed by atoms with van der Waals surface area (Å²) in [7, 11) is 1.83. The van der Waals surface area contributed by atoms with Crippen LogP contribution in [0.15, 0.2) is 6.20 Å². The minimum atomic E-state index is 0.262. The lowest BCUT2D eigenvalue weighted by atomic mass is 10.4. The second-order valence-electron chi connectivity index (χ2n) is 4.64. The van der Waals surface area contributed by atoms with Gasteiger partial charge < -0.3 is 15.8 Å². The van der Waals surface area contributed by atoms with Crippen LogP contribution in [-0.4, -0.2) is 39.0 Å². The van der Waals surface area contributed by atoms with Gasteiger partial charge in [0.15, 0.2) is 5.65 Å². The normalized spacial score (nSPS) is 11.4. The summed E-state index contributed by atoms with van der Waals surface area (Å²) in [6, 6.07) is 0. The van der Waals surface area contributed by atoms with Crippen molar-refractivity contribution >= 4 is 22.8 Å². The first kappa shape index (κ1) is 13.5. The van der Waals surface area contributed by atoms with E-state index in [1.807, 2.05) is 20.9 Å². The molecule has 0 fully saturated rings. The largest absolute Gasteiger partial charge is 0.383 e. The van der Waals surface area contributed by atoms with Crippen molar-refractivity contribution in [3.8, 4) is 0 Å². The molecule has 0 aromatic carbocycles. The van der Waals surface area contributed by atoms with Crippen molar-refractivity contribution in [1.29, 1.82) is 0 Å². The van der Waals surface area contributed by atoms with Gasteiger partial charge in [-0.2, -0.15) is 15.1 Å². The smallest absolute Gasteiger partial charge is 0.226 e. The summed E-state index contributed by atoms with van der Waals surface area (Å²) >= 11 is 0. The predicted molar refractivity (Wildman–Crippen MR) is 74.9 cm³/mol. The molecule has 0 aliphatic heterocycles. The van der Waals surface area contributed by atoms with Crippen LogP contribution in [0.1, 0.15) is 20.3 Å². The summed E-state index contributed by atoms with van der Waals surface area (Å²) in [6.07, 6.45) is 2.83. The second kappa shape index (κ2) is 5.83. The van der Waals surface area contributed by atoms with E-state index in [-0.39, 0.29) is 6.10 Å². The monoisotopic (exact) mass is 264 g/mol. The molecule has 3 N–H and O–H groups in total. The number of ether oxygens (including phenoxy) is 1. The Morgan fingerprint density at radius 3 is 2.95 bits per heavy atom.